The number of para-hydroxylation sites is 1. The number of benzene rings is 2. The highest BCUT2D eigenvalue weighted by Crippen LogP contribution is 2.29. The maximum atomic E-state index is 4.64. The fraction of sp³-hybridized carbons (Fsp3) is 0.118. The molecule has 0 bridgehead atoms. The molecular weight excluding hydrogens is 282 g/mol. The van der Waals surface area contributed by atoms with Crippen LogP contribution < -0.4 is 0 Å². The van der Waals surface area contributed by atoms with E-state index < -0.39 is 0 Å². The van der Waals surface area contributed by atoms with Gasteiger partial charge < -0.3 is 0 Å². The molecule has 1 heterocycles. The van der Waals surface area contributed by atoms with E-state index in [4.69, 9.17) is 0 Å². The first kappa shape index (κ1) is 13.4. The van der Waals surface area contributed by atoms with E-state index >= 15 is 0 Å². The van der Waals surface area contributed by atoms with E-state index in [-0.39, 0.29) is 0 Å². The number of aromatic nitrogens is 1. The molecule has 2 aromatic carbocycles. The van der Waals surface area contributed by atoms with Gasteiger partial charge in [-0.2, -0.15) is 0 Å². The molecule has 100 valence electrons. The minimum Gasteiger partial charge on any atom is -0.230 e. The number of thioether (sulfide) groups is 1. The van der Waals surface area contributed by atoms with E-state index in [0.29, 0.717) is 0 Å². The zero-order valence-corrected chi connectivity index (χ0v) is 12.7. The molecule has 0 spiro atoms. The molecule has 1 aromatic heterocycles. The maximum Gasteiger partial charge on any atom is 0.151 e. The summed E-state index contributed by atoms with van der Waals surface area (Å²) in [5.74, 6) is 1.06. The van der Waals surface area contributed by atoms with Crippen LogP contribution in [0.3, 0.4) is 0 Å². The summed E-state index contributed by atoms with van der Waals surface area (Å²) in [6, 6.07) is 16.9. The Bertz CT molecular complexity index is 697. The molecule has 1 nitrogen and oxygen atoms in total. The second-order valence-electron chi connectivity index (χ2n) is 4.50. The molecule has 0 saturated heterocycles. The van der Waals surface area contributed by atoms with Crippen LogP contribution in [-0.4, -0.2) is 10.7 Å². The lowest BCUT2D eigenvalue weighted by Crippen LogP contribution is -1.88. The molecule has 0 atom stereocenters. The molecule has 0 amide bonds. The van der Waals surface area contributed by atoms with Gasteiger partial charge in [-0.15, -0.1) is 11.3 Å². The SMILES string of the molecule is C=Cc1cccc(CCSc2nc3ccccc3s2)c1. The first-order chi connectivity index (χ1) is 9.85. The summed E-state index contributed by atoms with van der Waals surface area (Å²) >= 11 is 3.61. The quantitative estimate of drug-likeness (QED) is 0.595. The highest BCUT2D eigenvalue weighted by Gasteiger charge is 2.03. The smallest absolute Gasteiger partial charge is 0.151 e. The number of hydrogen-bond donors (Lipinski definition) is 0. The molecule has 0 unspecified atom stereocenters. The third-order valence-corrected chi connectivity index (χ3v) is 5.26. The maximum absolute atomic E-state index is 4.64. The van der Waals surface area contributed by atoms with Gasteiger partial charge in [-0.3, -0.25) is 0 Å². The second-order valence-corrected chi connectivity index (χ2v) is 6.87. The van der Waals surface area contributed by atoms with Crippen molar-refractivity contribution in [1.29, 1.82) is 0 Å². The molecular formula is C17H15NS2. The molecule has 0 aliphatic rings. The Hall–Kier alpha value is -1.58. The molecule has 3 rings (SSSR count). The van der Waals surface area contributed by atoms with Gasteiger partial charge >= 0.3 is 0 Å². The van der Waals surface area contributed by atoms with Crippen LogP contribution in [-0.2, 0) is 6.42 Å². The minimum absolute atomic E-state index is 1.06. The Kier molecular flexibility index (Phi) is 4.19. The monoisotopic (exact) mass is 297 g/mol. The molecule has 20 heavy (non-hydrogen) atoms. The van der Waals surface area contributed by atoms with Crippen LogP contribution in [0.1, 0.15) is 11.1 Å². The summed E-state index contributed by atoms with van der Waals surface area (Å²) in [7, 11) is 0. The van der Waals surface area contributed by atoms with Crippen LogP contribution >= 0.6 is 23.1 Å². The van der Waals surface area contributed by atoms with Gasteiger partial charge in [0.05, 0.1) is 10.2 Å². The normalized spacial score (nSPS) is 10.8. The lowest BCUT2D eigenvalue weighted by Gasteiger charge is -2.01. The molecule has 0 radical (unpaired) electrons. The average molecular weight is 297 g/mol. The Morgan fingerprint density at radius 2 is 2.05 bits per heavy atom. The number of nitrogens with zero attached hydrogens (tertiary/aromatic N) is 1. The molecule has 0 N–H and O–H groups in total. The Labute approximate surface area is 127 Å². The van der Waals surface area contributed by atoms with Crippen molar-refractivity contribution in [2.45, 2.75) is 10.8 Å². The van der Waals surface area contributed by atoms with Crippen LogP contribution in [0.5, 0.6) is 0 Å². The summed E-state index contributed by atoms with van der Waals surface area (Å²) in [6.07, 6.45) is 2.95. The van der Waals surface area contributed by atoms with Gasteiger partial charge in [0.1, 0.15) is 0 Å². The fourth-order valence-electron chi connectivity index (χ4n) is 2.04. The fourth-order valence-corrected chi connectivity index (χ4v) is 4.17. The first-order valence-corrected chi connectivity index (χ1v) is 8.35. The van der Waals surface area contributed by atoms with E-state index in [1.54, 1.807) is 11.3 Å². The summed E-state index contributed by atoms with van der Waals surface area (Å²) < 4.78 is 2.43. The Morgan fingerprint density at radius 3 is 2.90 bits per heavy atom. The Balaban J connectivity index is 1.63. The van der Waals surface area contributed by atoms with E-state index in [1.807, 2.05) is 23.9 Å². The van der Waals surface area contributed by atoms with E-state index in [1.165, 1.54) is 15.8 Å². The highest BCUT2D eigenvalue weighted by atomic mass is 32.2. The lowest BCUT2D eigenvalue weighted by molar-refractivity contribution is 1.15. The number of fused-ring (bicyclic) bond motifs is 1. The first-order valence-electron chi connectivity index (χ1n) is 6.55. The minimum atomic E-state index is 1.06. The van der Waals surface area contributed by atoms with Crippen LogP contribution in [0.25, 0.3) is 16.3 Å². The largest absolute Gasteiger partial charge is 0.230 e. The topological polar surface area (TPSA) is 12.9 Å². The van der Waals surface area contributed by atoms with Crippen molar-refractivity contribution >= 4 is 39.4 Å². The third kappa shape index (κ3) is 3.11. The number of rotatable bonds is 5. The van der Waals surface area contributed by atoms with Crippen LogP contribution in [0.2, 0.25) is 0 Å². The molecule has 0 aliphatic carbocycles. The molecule has 0 fully saturated rings. The highest BCUT2D eigenvalue weighted by molar-refractivity contribution is 8.01. The van der Waals surface area contributed by atoms with Crippen molar-refractivity contribution in [3.8, 4) is 0 Å². The molecule has 3 heteroatoms. The standard InChI is InChI=1S/C17H15NS2/c1-2-13-6-5-7-14(12-13)10-11-19-17-18-15-8-3-4-9-16(15)20-17/h2-9,12H,1,10-11H2. The predicted molar refractivity (Wildman–Crippen MR) is 90.6 cm³/mol. The van der Waals surface area contributed by atoms with Gasteiger partial charge in [0.15, 0.2) is 4.34 Å². The lowest BCUT2D eigenvalue weighted by atomic mass is 10.1. The van der Waals surface area contributed by atoms with E-state index in [9.17, 15) is 0 Å². The van der Waals surface area contributed by atoms with Crippen molar-refractivity contribution in [2.24, 2.45) is 0 Å². The van der Waals surface area contributed by atoms with E-state index in [0.717, 1.165) is 22.0 Å². The summed E-state index contributed by atoms with van der Waals surface area (Å²) in [4.78, 5) is 4.64. The van der Waals surface area contributed by atoms with Crippen molar-refractivity contribution in [3.05, 3.63) is 66.2 Å². The van der Waals surface area contributed by atoms with Crippen molar-refractivity contribution in [1.82, 2.24) is 4.98 Å². The van der Waals surface area contributed by atoms with Gasteiger partial charge in [0.25, 0.3) is 0 Å². The zero-order valence-electron chi connectivity index (χ0n) is 11.1. The van der Waals surface area contributed by atoms with Gasteiger partial charge in [-0.25, -0.2) is 4.98 Å². The second kappa shape index (κ2) is 6.25. The van der Waals surface area contributed by atoms with Gasteiger partial charge in [0.2, 0.25) is 0 Å². The summed E-state index contributed by atoms with van der Waals surface area (Å²) in [5, 5.41) is 0. The van der Waals surface area contributed by atoms with Gasteiger partial charge in [-0.1, -0.05) is 60.8 Å². The number of aryl methyl sites for hydroxylation is 1. The third-order valence-electron chi connectivity index (χ3n) is 3.08. The average Bonchev–Trinajstić information content (AvgIpc) is 2.90. The van der Waals surface area contributed by atoms with Crippen LogP contribution in [0, 0.1) is 0 Å². The zero-order chi connectivity index (χ0) is 13.8. The molecule has 0 saturated carbocycles. The van der Waals surface area contributed by atoms with Gasteiger partial charge in [-0.05, 0) is 29.7 Å². The summed E-state index contributed by atoms with van der Waals surface area (Å²) in [5.41, 5.74) is 3.65. The van der Waals surface area contributed by atoms with Crippen molar-refractivity contribution < 1.29 is 0 Å². The van der Waals surface area contributed by atoms with Crippen LogP contribution in [0.4, 0.5) is 0 Å². The van der Waals surface area contributed by atoms with Crippen LogP contribution in [0.15, 0.2) is 59.4 Å². The number of thiazole rings is 1. The van der Waals surface area contributed by atoms with Gasteiger partial charge in [0, 0.05) is 5.75 Å². The molecule has 0 aliphatic heterocycles. The van der Waals surface area contributed by atoms with E-state index in [2.05, 4.69) is 54.0 Å². The summed E-state index contributed by atoms with van der Waals surface area (Å²) in [6.45, 7) is 3.81. The van der Waals surface area contributed by atoms with Crippen molar-refractivity contribution in [2.75, 3.05) is 5.75 Å². The molecule has 3 aromatic rings. The predicted octanol–water partition coefficient (Wildman–Crippen LogP) is 5.27. The number of hydrogen-bond acceptors (Lipinski definition) is 3. The Morgan fingerprint density at radius 1 is 1.15 bits per heavy atom. The van der Waals surface area contributed by atoms with Crippen molar-refractivity contribution in [3.63, 3.8) is 0 Å².